The van der Waals surface area contributed by atoms with Crippen molar-refractivity contribution >= 4 is 33.7 Å². The van der Waals surface area contributed by atoms with E-state index in [4.69, 9.17) is 8.85 Å². The molecule has 0 unspecified atom stereocenters. The van der Waals surface area contributed by atoms with Crippen LogP contribution in [0.2, 0.25) is 36.3 Å². The Hall–Kier alpha value is -2.45. The van der Waals surface area contributed by atoms with Crippen molar-refractivity contribution in [3.05, 3.63) is 59.9 Å². The van der Waals surface area contributed by atoms with E-state index in [9.17, 15) is 4.79 Å². The Morgan fingerprint density at radius 1 is 0.743 bits per heavy atom. The molecule has 3 rings (SSSR count). The first-order valence-electron chi connectivity index (χ1n) is 12.2. The van der Waals surface area contributed by atoms with Gasteiger partial charge in [0.05, 0.1) is 0 Å². The molecule has 0 N–H and O–H groups in total. The van der Waals surface area contributed by atoms with Crippen molar-refractivity contribution in [2.24, 2.45) is 0 Å². The fraction of sp³-hybridized carbons (Fsp3) is 0.414. The van der Waals surface area contributed by atoms with Crippen molar-refractivity contribution in [2.45, 2.75) is 77.8 Å². The fourth-order valence-electron chi connectivity index (χ4n) is 3.33. The van der Waals surface area contributed by atoms with Crippen LogP contribution < -0.4 is 8.85 Å². The van der Waals surface area contributed by atoms with Gasteiger partial charge in [0.25, 0.3) is 8.32 Å². The maximum absolute atomic E-state index is 15.1. The standard InChI is InChI=1S/C29H39FO3Si2/c1-28(2,3)34(7,8)32-24-13-11-21-15-22(16-23(19-31)25(21)18-24)20-12-14-27(26(30)17-20)33-35(9,10)29(4,5)6/h11-19H,1-10H3. The van der Waals surface area contributed by atoms with E-state index in [-0.39, 0.29) is 15.8 Å². The molecule has 3 aromatic rings. The summed E-state index contributed by atoms with van der Waals surface area (Å²) >= 11 is 0. The summed E-state index contributed by atoms with van der Waals surface area (Å²) in [6.45, 7) is 21.6. The van der Waals surface area contributed by atoms with Gasteiger partial charge < -0.3 is 8.85 Å². The predicted octanol–water partition coefficient (Wildman–Crippen LogP) is 9.23. The first-order valence-corrected chi connectivity index (χ1v) is 18.0. The first kappa shape index (κ1) is 27.1. The van der Waals surface area contributed by atoms with Crippen molar-refractivity contribution in [3.63, 3.8) is 0 Å². The predicted molar refractivity (Wildman–Crippen MR) is 150 cm³/mol. The highest BCUT2D eigenvalue weighted by molar-refractivity contribution is 6.75. The molecule has 0 aliphatic rings. The number of aldehydes is 1. The molecular weight excluding hydrogens is 471 g/mol. The van der Waals surface area contributed by atoms with Crippen molar-refractivity contribution in [1.82, 2.24) is 0 Å². The fourth-order valence-corrected chi connectivity index (χ4v) is 5.38. The summed E-state index contributed by atoms with van der Waals surface area (Å²) in [5.74, 6) is 0.667. The van der Waals surface area contributed by atoms with Gasteiger partial charge in [0, 0.05) is 5.56 Å². The molecule has 0 radical (unpaired) electrons. The number of hydrogen-bond donors (Lipinski definition) is 0. The zero-order chi connectivity index (χ0) is 26.4. The minimum absolute atomic E-state index is 0.0253. The van der Waals surface area contributed by atoms with Gasteiger partial charge in [-0.25, -0.2) is 4.39 Å². The van der Waals surface area contributed by atoms with Crippen LogP contribution in [0.4, 0.5) is 4.39 Å². The number of rotatable bonds is 6. The van der Waals surface area contributed by atoms with Crippen molar-refractivity contribution in [1.29, 1.82) is 0 Å². The Kier molecular flexibility index (Phi) is 7.14. The molecular formula is C29H39FO3Si2. The largest absolute Gasteiger partial charge is 0.543 e. The summed E-state index contributed by atoms with van der Waals surface area (Å²) in [5, 5.41) is 1.79. The molecule has 0 bridgehead atoms. The third-order valence-corrected chi connectivity index (χ3v) is 16.4. The van der Waals surface area contributed by atoms with Crippen molar-refractivity contribution in [3.8, 4) is 22.6 Å². The van der Waals surface area contributed by atoms with Crippen LogP contribution in [0, 0.1) is 5.82 Å². The monoisotopic (exact) mass is 510 g/mol. The lowest BCUT2D eigenvalue weighted by Crippen LogP contribution is -2.44. The number of halogens is 1. The van der Waals surface area contributed by atoms with Crippen LogP contribution in [0.3, 0.4) is 0 Å². The first-order chi connectivity index (χ1) is 15.9. The minimum atomic E-state index is -2.15. The van der Waals surface area contributed by atoms with Gasteiger partial charge in [-0.05, 0) is 94.6 Å². The van der Waals surface area contributed by atoms with E-state index in [1.807, 2.05) is 36.4 Å². The molecule has 35 heavy (non-hydrogen) atoms. The van der Waals surface area contributed by atoms with Gasteiger partial charge in [0.15, 0.2) is 12.1 Å². The number of carbonyl (C=O) groups excluding carboxylic acids is 1. The van der Waals surface area contributed by atoms with Crippen LogP contribution in [0.5, 0.6) is 11.5 Å². The molecule has 3 nitrogen and oxygen atoms in total. The van der Waals surface area contributed by atoms with E-state index in [1.165, 1.54) is 6.07 Å². The van der Waals surface area contributed by atoms with Gasteiger partial charge in [-0.1, -0.05) is 53.7 Å². The van der Waals surface area contributed by atoms with Crippen LogP contribution in [-0.4, -0.2) is 22.9 Å². The van der Waals surface area contributed by atoms with Gasteiger partial charge in [0.2, 0.25) is 8.32 Å². The Morgan fingerprint density at radius 3 is 1.89 bits per heavy atom. The summed E-state index contributed by atoms with van der Waals surface area (Å²) in [7, 11) is -4.16. The molecule has 0 aromatic heterocycles. The Balaban J connectivity index is 1.99. The summed E-state index contributed by atoms with van der Waals surface area (Å²) in [5.41, 5.74) is 2.05. The maximum atomic E-state index is 15.1. The topological polar surface area (TPSA) is 35.5 Å². The van der Waals surface area contributed by atoms with E-state index in [0.29, 0.717) is 11.1 Å². The summed E-state index contributed by atoms with van der Waals surface area (Å²) in [4.78, 5) is 12.0. The molecule has 0 atom stereocenters. The van der Waals surface area contributed by atoms with Crippen LogP contribution in [-0.2, 0) is 0 Å². The Labute approximate surface area is 211 Å². The van der Waals surface area contributed by atoms with Gasteiger partial charge in [-0.3, -0.25) is 4.79 Å². The highest BCUT2D eigenvalue weighted by Gasteiger charge is 2.40. The van der Waals surface area contributed by atoms with E-state index in [1.54, 1.807) is 6.07 Å². The second-order valence-corrected chi connectivity index (χ2v) is 21.9. The molecule has 6 heteroatoms. The summed E-state index contributed by atoms with van der Waals surface area (Å²) < 4.78 is 27.7. The smallest absolute Gasteiger partial charge is 0.250 e. The van der Waals surface area contributed by atoms with Gasteiger partial charge >= 0.3 is 0 Å². The Bertz CT molecular complexity index is 1250. The molecule has 188 valence electrons. The number of benzene rings is 3. The van der Waals surface area contributed by atoms with Crippen molar-refractivity contribution in [2.75, 3.05) is 0 Å². The molecule has 0 amide bonds. The second kappa shape index (κ2) is 9.21. The lowest BCUT2D eigenvalue weighted by Gasteiger charge is -2.36. The van der Waals surface area contributed by atoms with Crippen molar-refractivity contribution < 1.29 is 18.0 Å². The lowest BCUT2D eigenvalue weighted by molar-refractivity contribution is 0.112. The quantitative estimate of drug-likeness (QED) is 0.245. The highest BCUT2D eigenvalue weighted by atomic mass is 28.4. The maximum Gasteiger partial charge on any atom is 0.250 e. The van der Waals surface area contributed by atoms with E-state index in [2.05, 4.69) is 67.7 Å². The number of hydrogen-bond acceptors (Lipinski definition) is 3. The average molecular weight is 511 g/mol. The van der Waals surface area contributed by atoms with Crippen LogP contribution in [0.1, 0.15) is 51.9 Å². The molecule has 3 aromatic carbocycles. The Morgan fingerprint density at radius 2 is 1.34 bits per heavy atom. The van der Waals surface area contributed by atoms with Gasteiger partial charge in [-0.2, -0.15) is 0 Å². The SMILES string of the molecule is CC(C)(C)[Si](C)(C)Oc1ccc2cc(-c3ccc(O[Si](C)(C)C(C)(C)C)c(F)c3)cc(C=O)c2c1. The molecule has 0 heterocycles. The van der Waals surface area contributed by atoms with Gasteiger partial charge in [0.1, 0.15) is 11.5 Å². The minimum Gasteiger partial charge on any atom is -0.543 e. The molecule has 0 aliphatic carbocycles. The second-order valence-electron chi connectivity index (χ2n) is 12.4. The summed E-state index contributed by atoms with van der Waals surface area (Å²) in [6, 6.07) is 14.7. The van der Waals surface area contributed by atoms with Crippen LogP contribution >= 0.6 is 0 Å². The number of carbonyl (C=O) groups is 1. The lowest BCUT2D eigenvalue weighted by atomic mass is 9.97. The normalized spacial score (nSPS) is 13.1. The van der Waals surface area contributed by atoms with E-state index in [0.717, 1.165) is 28.4 Å². The third kappa shape index (κ3) is 5.70. The molecule has 0 saturated heterocycles. The highest BCUT2D eigenvalue weighted by Crippen LogP contribution is 2.40. The average Bonchev–Trinajstić information content (AvgIpc) is 2.72. The molecule has 0 aliphatic heterocycles. The molecule has 0 fully saturated rings. The summed E-state index contributed by atoms with van der Waals surface area (Å²) in [6.07, 6.45) is 0.854. The molecule has 0 saturated carbocycles. The van der Waals surface area contributed by atoms with Gasteiger partial charge in [-0.15, -0.1) is 0 Å². The molecule has 0 spiro atoms. The zero-order valence-corrected chi connectivity index (χ0v) is 24.8. The number of fused-ring (bicyclic) bond motifs is 1. The zero-order valence-electron chi connectivity index (χ0n) is 22.8. The van der Waals surface area contributed by atoms with Crippen LogP contribution in [0.25, 0.3) is 21.9 Å². The van der Waals surface area contributed by atoms with E-state index >= 15 is 4.39 Å². The third-order valence-electron chi connectivity index (χ3n) is 7.70. The van der Waals surface area contributed by atoms with E-state index < -0.39 is 22.5 Å². The van der Waals surface area contributed by atoms with Crippen LogP contribution in [0.15, 0.2) is 48.5 Å².